The highest BCUT2D eigenvalue weighted by Gasteiger charge is 2.75. The normalized spacial score (nSPS) is 29.9. The topological polar surface area (TPSA) is 89.5 Å². The van der Waals surface area contributed by atoms with Gasteiger partial charge in [0.1, 0.15) is 0 Å². The summed E-state index contributed by atoms with van der Waals surface area (Å²) in [5, 5.41) is 2.75. The molecule has 0 radical (unpaired) electrons. The van der Waals surface area contributed by atoms with E-state index >= 15 is 0 Å². The number of amides is 1. The van der Waals surface area contributed by atoms with E-state index in [-0.39, 0.29) is 12.2 Å². The van der Waals surface area contributed by atoms with Crippen LogP contribution in [0.5, 0.6) is 0 Å². The van der Waals surface area contributed by atoms with Gasteiger partial charge in [-0.2, -0.15) is 0 Å². The number of carbonyl (C=O) groups is 4. The van der Waals surface area contributed by atoms with Gasteiger partial charge in [-0.05, 0) is 51.0 Å². The van der Waals surface area contributed by atoms with Crippen molar-refractivity contribution in [1.82, 2.24) is 0 Å². The highest BCUT2D eigenvalue weighted by molar-refractivity contribution is 6.15. The first-order valence-electron chi connectivity index (χ1n) is 8.25. The van der Waals surface area contributed by atoms with Crippen LogP contribution in [0, 0.1) is 16.2 Å². The van der Waals surface area contributed by atoms with Crippen molar-refractivity contribution in [2.75, 3.05) is 5.32 Å². The number of carbonyl (C=O) groups excluding carboxylic acids is 4. The minimum Gasteiger partial charge on any atom is -0.392 e. The summed E-state index contributed by atoms with van der Waals surface area (Å²) >= 11 is 0. The van der Waals surface area contributed by atoms with Gasteiger partial charge in [-0.3, -0.25) is 19.2 Å². The third-order valence-electron chi connectivity index (χ3n) is 6.37. The highest BCUT2D eigenvalue weighted by atomic mass is 16.6. The number of benzene rings is 1. The Hall–Kier alpha value is -2.50. The van der Waals surface area contributed by atoms with Gasteiger partial charge >= 0.3 is 11.9 Å². The van der Waals surface area contributed by atoms with Crippen LogP contribution in [-0.2, 0) is 19.1 Å². The first kappa shape index (κ1) is 17.3. The van der Waals surface area contributed by atoms with Crippen LogP contribution in [0.1, 0.15) is 50.9 Å². The van der Waals surface area contributed by atoms with Crippen molar-refractivity contribution >= 4 is 29.3 Å². The number of ketones is 1. The summed E-state index contributed by atoms with van der Waals surface area (Å²) in [4.78, 5) is 49.2. The zero-order chi connectivity index (χ0) is 18.6. The van der Waals surface area contributed by atoms with Gasteiger partial charge in [0.2, 0.25) is 5.91 Å². The molecule has 2 bridgehead atoms. The zero-order valence-electron chi connectivity index (χ0n) is 14.8. The van der Waals surface area contributed by atoms with Gasteiger partial charge in [-0.15, -0.1) is 0 Å². The van der Waals surface area contributed by atoms with Gasteiger partial charge in [-0.25, -0.2) is 0 Å². The van der Waals surface area contributed by atoms with Crippen LogP contribution in [0.25, 0.3) is 0 Å². The third kappa shape index (κ3) is 2.09. The number of hydrogen-bond donors (Lipinski definition) is 1. The molecular weight excluding hydrogens is 322 g/mol. The van der Waals surface area contributed by atoms with Gasteiger partial charge in [-0.1, -0.05) is 13.8 Å². The fourth-order valence-electron chi connectivity index (χ4n) is 4.05. The lowest BCUT2D eigenvalue weighted by atomic mass is 9.57. The predicted octanol–water partition coefficient (Wildman–Crippen LogP) is 2.72. The Bertz CT molecular complexity index is 795. The minimum absolute atomic E-state index is 0.0708. The molecule has 2 fully saturated rings. The lowest BCUT2D eigenvalue weighted by Crippen LogP contribution is -2.60. The fraction of sp³-hybridized carbons (Fsp3) is 0.474. The number of ether oxygens (including phenoxy) is 1. The smallest absolute Gasteiger partial charge is 0.329 e. The Morgan fingerprint density at radius 1 is 1.00 bits per heavy atom. The van der Waals surface area contributed by atoms with Crippen molar-refractivity contribution < 1.29 is 23.9 Å². The molecule has 1 saturated heterocycles. The third-order valence-corrected chi connectivity index (χ3v) is 6.37. The Morgan fingerprint density at radius 2 is 1.60 bits per heavy atom. The maximum atomic E-state index is 13.1. The summed E-state index contributed by atoms with van der Waals surface area (Å²) in [7, 11) is 0. The van der Waals surface area contributed by atoms with Gasteiger partial charge in [0, 0.05) is 16.7 Å². The van der Waals surface area contributed by atoms with Crippen molar-refractivity contribution in [1.29, 1.82) is 0 Å². The largest absolute Gasteiger partial charge is 0.392 e. The van der Waals surface area contributed by atoms with E-state index < -0.39 is 34.1 Å². The van der Waals surface area contributed by atoms with Gasteiger partial charge < -0.3 is 10.1 Å². The second-order valence-corrected chi connectivity index (χ2v) is 7.63. The average molecular weight is 343 g/mol. The van der Waals surface area contributed by atoms with Crippen LogP contribution in [0.15, 0.2) is 24.3 Å². The summed E-state index contributed by atoms with van der Waals surface area (Å²) in [6.45, 7) is 6.76. The van der Waals surface area contributed by atoms with Crippen LogP contribution >= 0.6 is 0 Å². The van der Waals surface area contributed by atoms with E-state index in [0.717, 1.165) is 0 Å². The maximum absolute atomic E-state index is 13.1. The number of nitrogens with one attached hydrogen (secondary N) is 1. The summed E-state index contributed by atoms with van der Waals surface area (Å²) in [6, 6.07) is 6.46. The van der Waals surface area contributed by atoms with Crippen molar-refractivity contribution in [3.63, 3.8) is 0 Å². The van der Waals surface area contributed by atoms with Crippen molar-refractivity contribution in [3.05, 3.63) is 29.8 Å². The molecule has 1 heterocycles. The van der Waals surface area contributed by atoms with E-state index in [1.165, 1.54) is 6.92 Å². The van der Waals surface area contributed by atoms with Gasteiger partial charge in [0.15, 0.2) is 11.2 Å². The number of hydrogen-bond acceptors (Lipinski definition) is 5. The molecule has 1 aromatic rings. The van der Waals surface area contributed by atoms with Crippen LogP contribution in [-0.4, -0.2) is 23.6 Å². The number of anilines is 1. The molecule has 3 rings (SSSR count). The first-order valence-corrected chi connectivity index (χ1v) is 8.25. The second-order valence-electron chi connectivity index (χ2n) is 7.63. The number of cyclic esters (lactones) is 2. The number of esters is 2. The molecular formula is C19H21NO5. The van der Waals surface area contributed by atoms with E-state index in [9.17, 15) is 19.2 Å². The van der Waals surface area contributed by atoms with Crippen LogP contribution in [0.3, 0.4) is 0 Å². The van der Waals surface area contributed by atoms with Crippen molar-refractivity contribution in [2.45, 2.75) is 40.5 Å². The molecule has 1 amide bonds. The number of fused-ring (bicyclic) bond motifs is 2. The van der Waals surface area contributed by atoms with Gasteiger partial charge in [0.05, 0.1) is 5.41 Å². The molecule has 1 aromatic carbocycles. The molecule has 1 N–H and O–H groups in total. The SMILES string of the molecule is CC(=O)c1ccc(NC(=O)C23CCC(C)(C(=O)OC2=O)C3(C)C)cc1. The zero-order valence-corrected chi connectivity index (χ0v) is 14.8. The second kappa shape index (κ2) is 5.25. The maximum Gasteiger partial charge on any atom is 0.329 e. The summed E-state index contributed by atoms with van der Waals surface area (Å²) in [5.41, 5.74) is -2.13. The standard InChI is InChI=1S/C19H21NO5/c1-11(21)12-5-7-13(8-6-12)20-14(22)19-10-9-18(4,17(19,2)3)15(23)25-16(19)24/h5-8H,9-10H2,1-4H3,(H,20,22). The Balaban J connectivity index is 1.94. The molecule has 0 spiro atoms. The summed E-state index contributed by atoms with van der Waals surface area (Å²) < 4.78 is 4.94. The molecule has 0 aromatic heterocycles. The van der Waals surface area contributed by atoms with E-state index in [2.05, 4.69) is 5.32 Å². The fourth-order valence-corrected chi connectivity index (χ4v) is 4.05. The Labute approximate surface area is 145 Å². The quantitative estimate of drug-likeness (QED) is 0.518. The van der Waals surface area contributed by atoms with Crippen LogP contribution in [0.4, 0.5) is 5.69 Å². The predicted molar refractivity (Wildman–Crippen MR) is 89.7 cm³/mol. The van der Waals surface area contributed by atoms with Crippen LogP contribution < -0.4 is 5.32 Å². The summed E-state index contributed by atoms with van der Waals surface area (Å²) in [5.74, 6) is -1.89. The molecule has 1 saturated carbocycles. The molecule has 2 unspecified atom stereocenters. The first-order chi connectivity index (χ1) is 11.6. The van der Waals surface area contributed by atoms with Crippen LogP contribution in [0.2, 0.25) is 0 Å². The summed E-state index contributed by atoms with van der Waals surface area (Å²) in [6.07, 6.45) is 0.680. The Morgan fingerprint density at radius 3 is 2.16 bits per heavy atom. The van der Waals surface area contributed by atoms with E-state index in [1.54, 1.807) is 45.0 Å². The lowest BCUT2D eigenvalue weighted by Gasteiger charge is -2.48. The van der Waals surface area contributed by atoms with Crippen molar-refractivity contribution in [3.8, 4) is 0 Å². The molecule has 1 aliphatic carbocycles. The molecule has 2 atom stereocenters. The highest BCUT2D eigenvalue weighted by Crippen LogP contribution is 2.66. The number of Topliss-reactive ketones (excluding diaryl/α,β-unsaturated/α-hetero) is 1. The van der Waals surface area contributed by atoms with Gasteiger partial charge in [0.25, 0.3) is 0 Å². The van der Waals surface area contributed by atoms with E-state index in [0.29, 0.717) is 17.7 Å². The average Bonchev–Trinajstić information content (AvgIpc) is 2.69. The number of rotatable bonds is 3. The molecule has 6 heteroatoms. The minimum atomic E-state index is -1.41. The van der Waals surface area contributed by atoms with Crippen molar-refractivity contribution in [2.24, 2.45) is 16.2 Å². The molecule has 2 aliphatic rings. The molecule has 1 aliphatic heterocycles. The monoisotopic (exact) mass is 343 g/mol. The molecule has 132 valence electrons. The Kier molecular flexibility index (Phi) is 3.64. The van der Waals surface area contributed by atoms with E-state index in [1.807, 2.05) is 0 Å². The van der Waals surface area contributed by atoms with E-state index in [4.69, 9.17) is 4.74 Å². The molecule has 25 heavy (non-hydrogen) atoms. The molecule has 6 nitrogen and oxygen atoms in total. The lowest BCUT2D eigenvalue weighted by molar-refractivity contribution is -0.195.